The van der Waals surface area contributed by atoms with E-state index in [1.54, 1.807) is 13.3 Å². The number of ether oxygens (including phenoxy) is 1. The van der Waals surface area contributed by atoms with Crippen LogP contribution in [0, 0.1) is 10.1 Å². The molecule has 0 aromatic carbocycles. The van der Waals surface area contributed by atoms with Crippen molar-refractivity contribution in [1.82, 2.24) is 4.98 Å². The molecule has 92 valence electrons. The maximum Gasteiger partial charge on any atom is 0.312 e. The van der Waals surface area contributed by atoms with Crippen LogP contribution in [0.1, 0.15) is 6.42 Å². The van der Waals surface area contributed by atoms with Crippen molar-refractivity contribution < 1.29 is 9.66 Å². The molecular formula is C10H12BrN3O3. The van der Waals surface area contributed by atoms with Gasteiger partial charge in [0.1, 0.15) is 0 Å². The second-order valence-electron chi connectivity index (χ2n) is 3.85. The van der Waals surface area contributed by atoms with E-state index in [0.29, 0.717) is 16.8 Å². The van der Waals surface area contributed by atoms with Gasteiger partial charge in [-0.25, -0.2) is 4.98 Å². The van der Waals surface area contributed by atoms with E-state index >= 15 is 0 Å². The van der Waals surface area contributed by atoms with E-state index in [-0.39, 0.29) is 11.8 Å². The van der Waals surface area contributed by atoms with E-state index in [9.17, 15) is 10.1 Å². The summed E-state index contributed by atoms with van der Waals surface area (Å²) in [5.74, 6) is 0.415. The van der Waals surface area contributed by atoms with Crippen molar-refractivity contribution in [2.24, 2.45) is 0 Å². The first-order chi connectivity index (χ1) is 8.11. The molecule has 1 aromatic heterocycles. The highest BCUT2D eigenvalue weighted by Crippen LogP contribution is 2.31. The van der Waals surface area contributed by atoms with Crippen LogP contribution in [0.3, 0.4) is 0 Å². The molecule has 7 heteroatoms. The Bertz CT molecular complexity index is 441. The number of methoxy groups -OCH3 is 1. The highest BCUT2D eigenvalue weighted by molar-refractivity contribution is 9.10. The minimum atomic E-state index is -0.410. The van der Waals surface area contributed by atoms with Gasteiger partial charge in [0, 0.05) is 36.9 Å². The maximum absolute atomic E-state index is 11.0. The Kier molecular flexibility index (Phi) is 3.58. The van der Waals surface area contributed by atoms with Crippen molar-refractivity contribution in [3.05, 3.63) is 26.9 Å². The van der Waals surface area contributed by atoms with Gasteiger partial charge >= 0.3 is 5.69 Å². The molecule has 1 aliphatic heterocycles. The number of nitro groups is 1. The normalized spacial score (nSPS) is 19.6. The number of halogens is 1. The monoisotopic (exact) mass is 301 g/mol. The second kappa shape index (κ2) is 4.97. The number of pyridine rings is 1. The van der Waals surface area contributed by atoms with Gasteiger partial charge in [0.25, 0.3) is 0 Å². The molecule has 0 amide bonds. The average molecular weight is 302 g/mol. The van der Waals surface area contributed by atoms with Crippen molar-refractivity contribution in [3.8, 4) is 0 Å². The summed E-state index contributed by atoms with van der Waals surface area (Å²) in [6.07, 6.45) is 2.56. The zero-order valence-corrected chi connectivity index (χ0v) is 10.9. The lowest BCUT2D eigenvalue weighted by molar-refractivity contribution is -0.384. The molecule has 1 aliphatic rings. The lowest BCUT2D eigenvalue weighted by Gasteiger charge is -2.16. The molecule has 1 fully saturated rings. The van der Waals surface area contributed by atoms with Crippen molar-refractivity contribution in [2.45, 2.75) is 12.5 Å². The number of anilines is 1. The summed E-state index contributed by atoms with van der Waals surface area (Å²) in [5.41, 5.74) is 0.0242. The predicted octanol–water partition coefficient (Wildman–Crippen LogP) is 1.98. The number of hydrogen-bond donors (Lipinski definition) is 0. The highest BCUT2D eigenvalue weighted by Gasteiger charge is 2.28. The molecule has 2 heterocycles. The zero-order chi connectivity index (χ0) is 12.4. The molecule has 0 spiro atoms. The fourth-order valence-corrected chi connectivity index (χ4v) is 2.23. The summed E-state index contributed by atoms with van der Waals surface area (Å²) in [7, 11) is 1.65. The van der Waals surface area contributed by atoms with Gasteiger partial charge in [-0.2, -0.15) is 0 Å². The Morgan fingerprint density at radius 2 is 2.47 bits per heavy atom. The molecule has 1 aromatic rings. The molecular weight excluding hydrogens is 290 g/mol. The summed E-state index contributed by atoms with van der Waals surface area (Å²) >= 11 is 3.19. The quantitative estimate of drug-likeness (QED) is 0.631. The first kappa shape index (κ1) is 12.3. The molecule has 2 rings (SSSR count). The minimum absolute atomic E-state index is 0.0242. The van der Waals surface area contributed by atoms with Crippen LogP contribution >= 0.6 is 15.9 Å². The fourth-order valence-electron chi connectivity index (χ4n) is 1.91. The molecule has 0 radical (unpaired) electrons. The van der Waals surface area contributed by atoms with E-state index in [2.05, 4.69) is 20.9 Å². The Balaban J connectivity index is 2.29. The van der Waals surface area contributed by atoms with Gasteiger partial charge in [0.15, 0.2) is 0 Å². The molecule has 0 saturated carbocycles. The zero-order valence-electron chi connectivity index (χ0n) is 9.30. The number of hydrogen-bond acceptors (Lipinski definition) is 5. The fraction of sp³-hybridized carbons (Fsp3) is 0.500. The van der Waals surface area contributed by atoms with Crippen LogP contribution in [0.4, 0.5) is 11.5 Å². The lowest BCUT2D eigenvalue weighted by Crippen LogP contribution is -2.24. The second-order valence-corrected chi connectivity index (χ2v) is 4.76. The summed E-state index contributed by atoms with van der Waals surface area (Å²) in [5, 5.41) is 11.0. The topological polar surface area (TPSA) is 68.5 Å². The molecule has 1 atom stereocenters. The van der Waals surface area contributed by atoms with Gasteiger partial charge in [-0.15, -0.1) is 0 Å². The third kappa shape index (κ3) is 2.55. The first-order valence-electron chi connectivity index (χ1n) is 5.19. The van der Waals surface area contributed by atoms with Crippen molar-refractivity contribution in [2.75, 3.05) is 25.1 Å². The van der Waals surface area contributed by atoms with Gasteiger partial charge in [0.05, 0.1) is 11.0 Å². The lowest BCUT2D eigenvalue weighted by atomic mass is 10.3. The van der Waals surface area contributed by atoms with Crippen molar-refractivity contribution >= 4 is 27.4 Å². The Labute approximate surface area is 107 Å². The molecule has 1 saturated heterocycles. The Hall–Kier alpha value is -1.21. The van der Waals surface area contributed by atoms with Crippen LogP contribution in [0.5, 0.6) is 0 Å². The largest absolute Gasteiger partial charge is 0.380 e. The van der Waals surface area contributed by atoms with Gasteiger partial charge in [-0.3, -0.25) is 10.1 Å². The van der Waals surface area contributed by atoms with Crippen LogP contribution in [0.25, 0.3) is 0 Å². The van der Waals surface area contributed by atoms with E-state index in [1.165, 1.54) is 6.07 Å². The molecule has 17 heavy (non-hydrogen) atoms. The number of rotatable bonds is 3. The SMILES string of the molecule is CO[C@@H]1CCN(c2ncc(Br)cc2[N+](=O)[O-])C1. The third-order valence-electron chi connectivity index (χ3n) is 2.79. The number of aromatic nitrogens is 1. The summed E-state index contributed by atoms with van der Waals surface area (Å²) in [6, 6.07) is 1.47. The average Bonchev–Trinajstić information content (AvgIpc) is 2.77. The standard InChI is InChI=1S/C10H12BrN3O3/c1-17-8-2-3-13(6-8)10-9(14(15)16)4-7(11)5-12-10/h4-5,8H,2-3,6H2,1H3/t8-/m1/s1. The van der Waals surface area contributed by atoms with Gasteiger partial charge < -0.3 is 9.64 Å². The van der Waals surface area contributed by atoms with Crippen LogP contribution < -0.4 is 4.90 Å². The minimum Gasteiger partial charge on any atom is -0.380 e. The Morgan fingerprint density at radius 1 is 1.71 bits per heavy atom. The molecule has 0 aliphatic carbocycles. The van der Waals surface area contributed by atoms with E-state index in [4.69, 9.17) is 4.74 Å². The molecule has 0 N–H and O–H groups in total. The van der Waals surface area contributed by atoms with E-state index in [1.807, 2.05) is 4.90 Å². The predicted molar refractivity (Wildman–Crippen MR) is 66.2 cm³/mol. The van der Waals surface area contributed by atoms with E-state index in [0.717, 1.165) is 13.0 Å². The molecule has 0 unspecified atom stereocenters. The highest BCUT2D eigenvalue weighted by atomic mass is 79.9. The summed E-state index contributed by atoms with van der Waals surface area (Å²) in [4.78, 5) is 16.6. The van der Waals surface area contributed by atoms with Crippen LogP contribution in [0.2, 0.25) is 0 Å². The van der Waals surface area contributed by atoms with Crippen LogP contribution in [0.15, 0.2) is 16.7 Å². The summed E-state index contributed by atoms with van der Waals surface area (Å²) in [6.45, 7) is 1.37. The van der Waals surface area contributed by atoms with E-state index < -0.39 is 4.92 Å². The smallest absolute Gasteiger partial charge is 0.312 e. The van der Waals surface area contributed by atoms with Crippen molar-refractivity contribution in [1.29, 1.82) is 0 Å². The third-order valence-corrected chi connectivity index (χ3v) is 3.22. The maximum atomic E-state index is 11.0. The summed E-state index contributed by atoms with van der Waals surface area (Å²) < 4.78 is 5.85. The molecule has 6 nitrogen and oxygen atoms in total. The van der Waals surface area contributed by atoms with Crippen molar-refractivity contribution in [3.63, 3.8) is 0 Å². The van der Waals surface area contributed by atoms with Gasteiger partial charge in [-0.1, -0.05) is 0 Å². The Morgan fingerprint density at radius 3 is 3.06 bits per heavy atom. The van der Waals surface area contributed by atoms with Crippen LogP contribution in [-0.4, -0.2) is 36.2 Å². The molecule has 0 bridgehead atoms. The van der Waals surface area contributed by atoms with Gasteiger partial charge in [-0.05, 0) is 22.4 Å². The van der Waals surface area contributed by atoms with Gasteiger partial charge in [0.2, 0.25) is 5.82 Å². The van der Waals surface area contributed by atoms with Crippen LogP contribution in [-0.2, 0) is 4.74 Å². The first-order valence-corrected chi connectivity index (χ1v) is 5.99. The number of nitrogens with zero attached hydrogens (tertiary/aromatic N) is 3.